The average Bonchev–Trinajstić information content (AvgIpc) is 2.87. The van der Waals surface area contributed by atoms with E-state index >= 15 is 0 Å². The van der Waals surface area contributed by atoms with Crippen LogP contribution in [0.2, 0.25) is 0 Å². The summed E-state index contributed by atoms with van der Waals surface area (Å²) < 4.78 is 2.37. The summed E-state index contributed by atoms with van der Waals surface area (Å²) in [4.78, 5) is 2.58. The monoisotopic (exact) mass is 271 g/mol. The van der Waals surface area contributed by atoms with Crippen molar-refractivity contribution in [3.63, 3.8) is 0 Å². The number of aryl methyl sites for hydroxylation is 2. The van der Waals surface area contributed by atoms with Crippen LogP contribution in [0.5, 0.6) is 0 Å². The Balaban J connectivity index is 1.65. The maximum atomic E-state index is 3.41. The van der Waals surface area contributed by atoms with Gasteiger partial charge in [-0.3, -0.25) is 0 Å². The lowest BCUT2D eigenvalue weighted by molar-refractivity contribution is 0.238. The van der Waals surface area contributed by atoms with Crippen LogP contribution in [0.1, 0.15) is 18.9 Å². The molecule has 1 saturated heterocycles. The third-order valence-corrected chi connectivity index (χ3v) is 4.34. The number of rotatable bonds is 5. The highest BCUT2D eigenvalue weighted by atomic mass is 15.2. The minimum Gasteiger partial charge on any atom is -0.347 e. The standard InChI is InChI=1S/C17H25N3/c1-2-20-14-15(16-7-3-4-8-17(16)20)6-5-11-19-12-9-18-10-13-19/h3-4,7-8,14,18H,2,5-6,9-13H2,1H3. The van der Waals surface area contributed by atoms with E-state index in [9.17, 15) is 0 Å². The van der Waals surface area contributed by atoms with Crippen LogP contribution < -0.4 is 5.32 Å². The lowest BCUT2D eigenvalue weighted by Gasteiger charge is -2.26. The van der Waals surface area contributed by atoms with E-state index in [-0.39, 0.29) is 0 Å². The highest BCUT2D eigenvalue weighted by Gasteiger charge is 2.10. The van der Waals surface area contributed by atoms with Crippen molar-refractivity contribution < 1.29 is 0 Å². The lowest BCUT2D eigenvalue weighted by atomic mass is 10.1. The third kappa shape index (κ3) is 2.89. The van der Waals surface area contributed by atoms with Crippen LogP contribution in [-0.2, 0) is 13.0 Å². The number of hydrogen-bond donors (Lipinski definition) is 1. The average molecular weight is 271 g/mol. The first-order valence-corrected chi connectivity index (χ1v) is 7.88. The summed E-state index contributed by atoms with van der Waals surface area (Å²) in [6, 6.07) is 8.79. The summed E-state index contributed by atoms with van der Waals surface area (Å²) in [5, 5.41) is 4.85. The van der Waals surface area contributed by atoms with Gasteiger partial charge in [-0.25, -0.2) is 0 Å². The first-order chi connectivity index (χ1) is 9.88. The van der Waals surface area contributed by atoms with Gasteiger partial charge in [0.15, 0.2) is 0 Å². The van der Waals surface area contributed by atoms with E-state index in [1.165, 1.54) is 48.9 Å². The first kappa shape index (κ1) is 13.7. The molecule has 0 bridgehead atoms. The second-order valence-electron chi connectivity index (χ2n) is 5.65. The van der Waals surface area contributed by atoms with Crippen LogP contribution in [0.15, 0.2) is 30.5 Å². The number of hydrogen-bond acceptors (Lipinski definition) is 2. The molecule has 0 atom stereocenters. The van der Waals surface area contributed by atoms with E-state index in [0.717, 1.165) is 19.6 Å². The molecule has 108 valence electrons. The zero-order chi connectivity index (χ0) is 13.8. The maximum absolute atomic E-state index is 3.41. The zero-order valence-electron chi connectivity index (χ0n) is 12.4. The van der Waals surface area contributed by atoms with Gasteiger partial charge in [-0.1, -0.05) is 18.2 Å². The summed E-state index contributed by atoms with van der Waals surface area (Å²) >= 11 is 0. The van der Waals surface area contributed by atoms with Crippen molar-refractivity contribution in [3.8, 4) is 0 Å². The Morgan fingerprint density at radius 1 is 1.15 bits per heavy atom. The van der Waals surface area contributed by atoms with Gasteiger partial charge in [0.1, 0.15) is 0 Å². The van der Waals surface area contributed by atoms with Gasteiger partial charge in [0, 0.05) is 49.8 Å². The molecule has 1 aliphatic rings. The molecule has 0 amide bonds. The van der Waals surface area contributed by atoms with Gasteiger partial charge in [-0.15, -0.1) is 0 Å². The Bertz CT molecular complexity index is 552. The van der Waals surface area contributed by atoms with Gasteiger partial charge < -0.3 is 14.8 Å². The van der Waals surface area contributed by atoms with Gasteiger partial charge in [0.05, 0.1) is 0 Å². The second kappa shape index (κ2) is 6.42. The smallest absolute Gasteiger partial charge is 0.0483 e. The third-order valence-electron chi connectivity index (χ3n) is 4.34. The fourth-order valence-corrected chi connectivity index (χ4v) is 3.21. The minimum atomic E-state index is 1.05. The fourth-order valence-electron chi connectivity index (χ4n) is 3.21. The van der Waals surface area contributed by atoms with Crippen molar-refractivity contribution in [2.75, 3.05) is 32.7 Å². The maximum Gasteiger partial charge on any atom is 0.0483 e. The molecule has 1 N–H and O–H groups in total. The van der Waals surface area contributed by atoms with Gasteiger partial charge >= 0.3 is 0 Å². The van der Waals surface area contributed by atoms with Gasteiger partial charge in [0.25, 0.3) is 0 Å². The predicted molar refractivity (Wildman–Crippen MR) is 85.2 cm³/mol. The van der Waals surface area contributed by atoms with Crippen LogP contribution in [0, 0.1) is 0 Å². The van der Waals surface area contributed by atoms with Crippen molar-refractivity contribution in [2.45, 2.75) is 26.3 Å². The van der Waals surface area contributed by atoms with Crippen molar-refractivity contribution >= 4 is 10.9 Å². The quantitative estimate of drug-likeness (QED) is 0.901. The molecule has 0 unspecified atom stereocenters. The summed E-state index contributed by atoms with van der Waals surface area (Å²) in [6.07, 6.45) is 4.80. The molecule has 3 nitrogen and oxygen atoms in total. The van der Waals surface area contributed by atoms with E-state index < -0.39 is 0 Å². The predicted octanol–water partition coefficient (Wildman–Crippen LogP) is 2.50. The van der Waals surface area contributed by atoms with Crippen molar-refractivity contribution in [2.24, 2.45) is 0 Å². The molecule has 1 aromatic carbocycles. The van der Waals surface area contributed by atoms with E-state index in [4.69, 9.17) is 0 Å². The lowest BCUT2D eigenvalue weighted by Crippen LogP contribution is -2.43. The van der Waals surface area contributed by atoms with Gasteiger partial charge in [-0.2, -0.15) is 0 Å². The van der Waals surface area contributed by atoms with Crippen molar-refractivity contribution in [3.05, 3.63) is 36.0 Å². The molecule has 0 aliphatic carbocycles. The molecular weight excluding hydrogens is 246 g/mol. The van der Waals surface area contributed by atoms with Crippen LogP contribution in [-0.4, -0.2) is 42.2 Å². The van der Waals surface area contributed by atoms with Crippen molar-refractivity contribution in [1.82, 2.24) is 14.8 Å². The highest BCUT2D eigenvalue weighted by molar-refractivity contribution is 5.83. The summed E-state index contributed by atoms with van der Waals surface area (Å²) in [5.74, 6) is 0. The zero-order valence-corrected chi connectivity index (χ0v) is 12.4. The minimum absolute atomic E-state index is 1.05. The van der Waals surface area contributed by atoms with Crippen LogP contribution in [0.25, 0.3) is 10.9 Å². The molecule has 3 heteroatoms. The number of benzene rings is 1. The Morgan fingerprint density at radius 3 is 2.75 bits per heavy atom. The Morgan fingerprint density at radius 2 is 1.95 bits per heavy atom. The largest absolute Gasteiger partial charge is 0.347 e. The number of nitrogens with one attached hydrogen (secondary N) is 1. The molecule has 20 heavy (non-hydrogen) atoms. The van der Waals surface area contributed by atoms with Crippen LogP contribution in [0.3, 0.4) is 0 Å². The van der Waals surface area contributed by atoms with Gasteiger partial charge in [0.2, 0.25) is 0 Å². The molecular formula is C17H25N3. The molecule has 3 rings (SSSR count). The van der Waals surface area contributed by atoms with Crippen LogP contribution >= 0.6 is 0 Å². The Hall–Kier alpha value is -1.32. The molecule has 1 aromatic heterocycles. The molecule has 2 aromatic rings. The summed E-state index contributed by atoms with van der Waals surface area (Å²) in [7, 11) is 0. The SMILES string of the molecule is CCn1cc(CCCN2CCNCC2)c2ccccc21. The van der Waals surface area contributed by atoms with Gasteiger partial charge in [-0.05, 0) is 37.9 Å². The molecule has 2 heterocycles. The van der Waals surface area contributed by atoms with E-state index in [0.29, 0.717) is 0 Å². The summed E-state index contributed by atoms with van der Waals surface area (Å²) in [6.45, 7) is 9.21. The first-order valence-electron chi connectivity index (χ1n) is 7.88. The molecule has 1 fully saturated rings. The Labute approximate surface area is 121 Å². The fraction of sp³-hybridized carbons (Fsp3) is 0.529. The number of fused-ring (bicyclic) bond motifs is 1. The van der Waals surface area contributed by atoms with Crippen LogP contribution in [0.4, 0.5) is 0 Å². The number of para-hydroxylation sites is 1. The van der Waals surface area contributed by atoms with E-state index in [2.05, 4.69) is 52.2 Å². The molecule has 0 spiro atoms. The highest BCUT2D eigenvalue weighted by Crippen LogP contribution is 2.22. The number of aromatic nitrogens is 1. The molecule has 0 saturated carbocycles. The van der Waals surface area contributed by atoms with Crippen molar-refractivity contribution in [1.29, 1.82) is 0 Å². The normalized spacial score (nSPS) is 16.9. The number of piperazine rings is 1. The molecule has 1 aliphatic heterocycles. The second-order valence-corrected chi connectivity index (χ2v) is 5.65. The number of nitrogens with zero attached hydrogens (tertiary/aromatic N) is 2. The Kier molecular flexibility index (Phi) is 4.38. The molecule has 0 radical (unpaired) electrons. The van der Waals surface area contributed by atoms with E-state index in [1.807, 2.05) is 0 Å². The van der Waals surface area contributed by atoms with E-state index in [1.54, 1.807) is 0 Å². The summed E-state index contributed by atoms with van der Waals surface area (Å²) in [5.41, 5.74) is 2.89. The topological polar surface area (TPSA) is 20.2 Å².